The third kappa shape index (κ3) is 3.20. The summed E-state index contributed by atoms with van der Waals surface area (Å²) in [5.41, 5.74) is 1.80. The van der Waals surface area contributed by atoms with Gasteiger partial charge in [-0.2, -0.15) is 0 Å². The number of hydrogen-bond donors (Lipinski definition) is 1. The van der Waals surface area contributed by atoms with Gasteiger partial charge in [-0.25, -0.2) is 0 Å². The molecule has 2 aromatic rings. The monoisotopic (exact) mass is 273 g/mol. The molecule has 0 aliphatic carbocycles. The summed E-state index contributed by atoms with van der Waals surface area (Å²) >= 11 is 0. The van der Waals surface area contributed by atoms with E-state index in [0.29, 0.717) is 0 Å². The topological polar surface area (TPSA) is 39.3 Å². The van der Waals surface area contributed by atoms with Crippen LogP contribution in [0.4, 0.5) is 0 Å². The van der Waals surface area contributed by atoms with E-state index in [1.165, 1.54) is 0 Å². The van der Waals surface area contributed by atoms with Crippen LogP contribution in [-0.4, -0.2) is 54.4 Å². The summed E-state index contributed by atoms with van der Waals surface area (Å²) in [7, 11) is 4.11. The minimum atomic E-state index is 0.122. The van der Waals surface area contributed by atoms with Crippen molar-refractivity contribution in [2.24, 2.45) is 0 Å². The fourth-order valence-electron chi connectivity index (χ4n) is 2.42. The van der Waals surface area contributed by atoms with Gasteiger partial charge in [0.2, 0.25) is 0 Å². The Bertz CT molecular complexity index is 574. The van der Waals surface area contributed by atoms with Crippen LogP contribution < -0.4 is 0 Å². The Morgan fingerprint density at radius 3 is 2.70 bits per heavy atom. The van der Waals surface area contributed by atoms with Gasteiger partial charge in [-0.15, -0.1) is 0 Å². The highest BCUT2D eigenvalue weighted by Gasteiger charge is 2.16. The van der Waals surface area contributed by atoms with Gasteiger partial charge in [0, 0.05) is 35.8 Å². The van der Waals surface area contributed by atoms with Crippen molar-refractivity contribution in [2.45, 2.75) is 13.3 Å². The number of aromatic nitrogens is 1. The Hall–Kier alpha value is -1.81. The zero-order valence-electron chi connectivity index (χ0n) is 12.5. The van der Waals surface area contributed by atoms with Crippen molar-refractivity contribution in [1.82, 2.24) is 14.8 Å². The molecular weight excluding hydrogens is 250 g/mol. The smallest absolute Gasteiger partial charge is 0.254 e. The minimum Gasteiger partial charge on any atom is -0.361 e. The van der Waals surface area contributed by atoms with Crippen LogP contribution in [0.15, 0.2) is 30.5 Å². The average molecular weight is 273 g/mol. The predicted molar refractivity (Wildman–Crippen MR) is 83.0 cm³/mol. The van der Waals surface area contributed by atoms with E-state index < -0.39 is 0 Å². The highest BCUT2D eigenvalue weighted by Crippen LogP contribution is 2.19. The lowest BCUT2D eigenvalue weighted by molar-refractivity contribution is 0.0761. The van der Waals surface area contributed by atoms with Crippen molar-refractivity contribution in [3.8, 4) is 0 Å². The van der Waals surface area contributed by atoms with E-state index in [2.05, 4.69) is 24.0 Å². The molecule has 2 rings (SSSR count). The van der Waals surface area contributed by atoms with Gasteiger partial charge in [-0.1, -0.05) is 6.07 Å². The summed E-state index contributed by atoms with van der Waals surface area (Å²) in [4.78, 5) is 19.9. The molecule has 1 amide bonds. The molecule has 0 aliphatic heterocycles. The van der Waals surface area contributed by atoms with E-state index in [0.717, 1.165) is 42.5 Å². The molecule has 1 N–H and O–H groups in total. The van der Waals surface area contributed by atoms with Gasteiger partial charge < -0.3 is 14.8 Å². The van der Waals surface area contributed by atoms with Crippen LogP contribution >= 0.6 is 0 Å². The van der Waals surface area contributed by atoms with E-state index in [1.807, 2.05) is 42.3 Å². The van der Waals surface area contributed by atoms with Crippen molar-refractivity contribution in [2.75, 3.05) is 33.7 Å². The zero-order valence-corrected chi connectivity index (χ0v) is 12.5. The van der Waals surface area contributed by atoms with Crippen molar-refractivity contribution < 1.29 is 4.79 Å². The van der Waals surface area contributed by atoms with E-state index in [1.54, 1.807) is 0 Å². The molecule has 0 radical (unpaired) electrons. The average Bonchev–Trinajstić information content (AvgIpc) is 2.90. The molecule has 4 heteroatoms. The number of rotatable bonds is 6. The second kappa shape index (κ2) is 6.57. The number of nitrogens with one attached hydrogen (secondary N) is 1. The molecule has 0 aliphatic rings. The molecule has 0 spiro atoms. The fourth-order valence-corrected chi connectivity index (χ4v) is 2.42. The molecule has 0 bridgehead atoms. The largest absolute Gasteiger partial charge is 0.361 e. The molecule has 0 saturated heterocycles. The number of amides is 1. The molecule has 0 fully saturated rings. The molecule has 1 heterocycles. The Morgan fingerprint density at radius 1 is 1.20 bits per heavy atom. The highest BCUT2D eigenvalue weighted by atomic mass is 16.2. The van der Waals surface area contributed by atoms with E-state index in [-0.39, 0.29) is 5.91 Å². The van der Waals surface area contributed by atoms with Gasteiger partial charge in [0.15, 0.2) is 0 Å². The van der Waals surface area contributed by atoms with Gasteiger partial charge in [-0.3, -0.25) is 4.79 Å². The van der Waals surface area contributed by atoms with Gasteiger partial charge >= 0.3 is 0 Å². The molecule has 1 aromatic carbocycles. The predicted octanol–water partition coefficient (Wildman–Crippen LogP) is 2.58. The molecule has 0 saturated carbocycles. The van der Waals surface area contributed by atoms with Crippen LogP contribution in [0.25, 0.3) is 10.9 Å². The third-order valence-corrected chi connectivity index (χ3v) is 3.53. The first-order chi connectivity index (χ1) is 9.63. The molecule has 108 valence electrons. The molecular formula is C16H23N3O. The van der Waals surface area contributed by atoms with Crippen LogP contribution in [-0.2, 0) is 0 Å². The quantitative estimate of drug-likeness (QED) is 0.878. The van der Waals surface area contributed by atoms with Crippen LogP contribution in [0.3, 0.4) is 0 Å². The Labute approximate surface area is 120 Å². The highest BCUT2D eigenvalue weighted by molar-refractivity contribution is 6.06. The standard InChI is InChI=1S/C16H23N3O/c1-4-19(12-6-11-18(2)3)16(20)14-7-5-8-15-13(14)9-10-17-15/h5,7-10,17H,4,6,11-12H2,1-3H3. The summed E-state index contributed by atoms with van der Waals surface area (Å²) in [6.07, 6.45) is 2.87. The van der Waals surface area contributed by atoms with E-state index >= 15 is 0 Å². The lowest BCUT2D eigenvalue weighted by Crippen LogP contribution is -2.33. The minimum absolute atomic E-state index is 0.122. The van der Waals surface area contributed by atoms with Crippen LogP contribution in [0, 0.1) is 0 Å². The van der Waals surface area contributed by atoms with Crippen molar-refractivity contribution >= 4 is 16.8 Å². The van der Waals surface area contributed by atoms with Crippen LogP contribution in [0.2, 0.25) is 0 Å². The first-order valence-electron chi connectivity index (χ1n) is 7.13. The van der Waals surface area contributed by atoms with Gasteiger partial charge in [0.05, 0.1) is 0 Å². The number of aromatic amines is 1. The van der Waals surface area contributed by atoms with Crippen molar-refractivity contribution in [3.63, 3.8) is 0 Å². The summed E-state index contributed by atoms with van der Waals surface area (Å²) in [6, 6.07) is 7.80. The molecule has 20 heavy (non-hydrogen) atoms. The SMILES string of the molecule is CCN(CCCN(C)C)C(=O)c1cccc2[nH]ccc12. The normalized spacial score (nSPS) is 11.2. The first kappa shape index (κ1) is 14.6. The van der Waals surface area contributed by atoms with Crippen molar-refractivity contribution in [3.05, 3.63) is 36.0 Å². The van der Waals surface area contributed by atoms with Gasteiger partial charge in [-0.05, 0) is 52.2 Å². The molecule has 0 atom stereocenters. The van der Waals surface area contributed by atoms with Crippen LogP contribution in [0.1, 0.15) is 23.7 Å². The molecule has 0 unspecified atom stereocenters. The Kier molecular flexibility index (Phi) is 4.79. The fraction of sp³-hybridized carbons (Fsp3) is 0.438. The molecule has 1 aromatic heterocycles. The lowest BCUT2D eigenvalue weighted by Gasteiger charge is -2.22. The Balaban J connectivity index is 2.13. The second-order valence-electron chi connectivity index (χ2n) is 5.29. The number of fused-ring (bicyclic) bond motifs is 1. The maximum absolute atomic E-state index is 12.7. The summed E-state index contributed by atoms with van der Waals surface area (Å²) in [6.45, 7) is 4.57. The number of nitrogens with zero attached hydrogens (tertiary/aromatic N) is 2. The third-order valence-electron chi connectivity index (χ3n) is 3.53. The van der Waals surface area contributed by atoms with Gasteiger partial charge in [0.1, 0.15) is 0 Å². The van der Waals surface area contributed by atoms with Gasteiger partial charge in [0.25, 0.3) is 5.91 Å². The zero-order chi connectivity index (χ0) is 14.5. The number of benzene rings is 1. The maximum Gasteiger partial charge on any atom is 0.254 e. The molecule has 4 nitrogen and oxygen atoms in total. The van der Waals surface area contributed by atoms with Crippen LogP contribution in [0.5, 0.6) is 0 Å². The van der Waals surface area contributed by atoms with E-state index in [4.69, 9.17) is 0 Å². The van der Waals surface area contributed by atoms with Crippen molar-refractivity contribution in [1.29, 1.82) is 0 Å². The summed E-state index contributed by atoms with van der Waals surface area (Å²) < 4.78 is 0. The first-order valence-corrected chi connectivity index (χ1v) is 7.13. The second-order valence-corrected chi connectivity index (χ2v) is 5.29. The lowest BCUT2D eigenvalue weighted by atomic mass is 10.1. The number of H-pyrrole nitrogens is 1. The summed E-state index contributed by atoms with van der Waals surface area (Å²) in [5, 5.41) is 1.00. The Morgan fingerprint density at radius 2 is 2.00 bits per heavy atom. The number of carbonyl (C=O) groups excluding carboxylic acids is 1. The van der Waals surface area contributed by atoms with E-state index in [9.17, 15) is 4.79 Å². The maximum atomic E-state index is 12.7. The number of hydrogen-bond acceptors (Lipinski definition) is 2. The number of carbonyl (C=O) groups is 1. The summed E-state index contributed by atoms with van der Waals surface area (Å²) in [5.74, 6) is 0.122.